The van der Waals surface area contributed by atoms with Gasteiger partial charge < -0.3 is 15.5 Å². The number of rotatable bonds is 8. The second-order valence-corrected chi connectivity index (χ2v) is 5.43. The van der Waals surface area contributed by atoms with Crippen molar-refractivity contribution < 1.29 is 4.74 Å². The Morgan fingerprint density at radius 2 is 2.10 bits per heavy atom. The summed E-state index contributed by atoms with van der Waals surface area (Å²) in [5.41, 5.74) is 3.63. The van der Waals surface area contributed by atoms with Gasteiger partial charge in [-0.1, -0.05) is 0 Å². The Bertz CT molecular complexity index is 574. The van der Waals surface area contributed by atoms with E-state index in [1.807, 2.05) is 13.8 Å². The van der Waals surface area contributed by atoms with Crippen molar-refractivity contribution in [2.75, 3.05) is 23.9 Å². The van der Waals surface area contributed by atoms with E-state index < -0.39 is 0 Å². The molecule has 0 aliphatic heterocycles. The first-order valence-corrected chi connectivity index (χ1v) is 7.66. The normalized spacial score (nSPS) is 10.6. The first-order valence-electron chi connectivity index (χ1n) is 6.78. The van der Waals surface area contributed by atoms with Crippen LogP contribution in [0.3, 0.4) is 0 Å². The van der Waals surface area contributed by atoms with Gasteiger partial charge in [-0.25, -0.2) is 20.8 Å². The van der Waals surface area contributed by atoms with Crippen LogP contribution in [0.2, 0.25) is 0 Å². The summed E-state index contributed by atoms with van der Waals surface area (Å²) < 4.78 is 5.32. The van der Waals surface area contributed by atoms with Crippen LogP contribution in [0.25, 0.3) is 0 Å². The second kappa shape index (κ2) is 7.87. The van der Waals surface area contributed by atoms with Gasteiger partial charge in [-0.05, 0) is 13.8 Å². The third kappa shape index (κ3) is 4.92. The average Bonchev–Trinajstić information content (AvgIpc) is 2.90. The van der Waals surface area contributed by atoms with Crippen LogP contribution in [0.1, 0.15) is 23.4 Å². The van der Waals surface area contributed by atoms with E-state index in [9.17, 15) is 0 Å². The van der Waals surface area contributed by atoms with E-state index in [2.05, 4.69) is 31.1 Å². The Morgan fingerprint density at radius 1 is 1.29 bits per heavy atom. The quantitative estimate of drug-likeness (QED) is 0.504. The van der Waals surface area contributed by atoms with Crippen LogP contribution in [0, 0.1) is 6.92 Å². The van der Waals surface area contributed by atoms with Crippen LogP contribution in [0.4, 0.5) is 11.6 Å². The van der Waals surface area contributed by atoms with E-state index in [1.165, 1.54) is 0 Å². The van der Waals surface area contributed by atoms with Gasteiger partial charge in [-0.3, -0.25) is 0 Å². The molecule has 0 saturated heterocycles. The third-order valence-electron chi connectivity index (χ3n) is 2.71. The molecule has 0 bridgehead atoms. The molecule has 0 aromatic carbocycles. The maximum atomic E-state index is 5.42. The molecule has 0 radical (unpaired) electrons. The Labute approximate surface area is 128 Å². The van der Waals surface area contributed by atoms with E-state index in [-0.39, 0.29) is 0 Å². The molecule has 2 heterocycles. The van der Waals surface area contributed by atoms with Crippen LogP contribution >= 0.6 is 11.3 Å². The fraction of sp³-hybridized carbons (Fsp3) is 0.462. The maximum absolute atomic E-state index is 5.42. The van der Waals surface area contributed by atoms with E-state index in [0.717, 1.165) is 29.5 Å². The maximum Gasteiger partial charge on any atom is 0.158 e. The molecular formula is C13H20N6OS. The van der Waals surface area contributed by atoms with Crippen LogP contribution in [0.15, 0.2) is 11.4 Å². The minimum atomic E-state index is 0.367. The molecule has 0 atom stereocenters. The van der Waals surface area contributed by atoms with Crippen LogP contribution < -0.4 is 16.6 Å². The predicted octanol–water partition coefficient (Wildman–Crippen LogP) is 1.72. The predicted molar refractivity (Wildman–Crippen MR) is 84.2 cm³/mol. The summed E-state index contributed by atoms with van der Waals surface area (Å²) in [6, 6.07) is 1.77. The van der Waals surface area contributed by atoms with Crippen molar-refractivity contribution in [1.82, 2.24) is 15.0 Å². The topological polar surface area (TPSA) is 98.0 Å². The number of hydrazine groups is 1. The van der Waals surface area contributed by atoms with Crippen molar-refractivity contribution in [1.29, 1.82) is 0 Å². The van der Waals surface area contributed by atoms with Crippen LogP contribution in [-0.4, -0.2) is 28.1 Å². The molecule has 114 valence electrons. The van der Waals surface area contributed by atoms with Gasteiger partial charge >= 0.3 is 0 Å². The first-order chi connectivity index (χ1) is 10.2. The lowest BCUT2D eigenvalue weighted by atomic mass is 10.3. The average molecular weight is 308 g/mol. The standard InChI is InChI=1S/C13H20N6OS/c1-3-20-7-13-17-11(6-12(18-13)19-14)15-5-4-10-8-21-9(2)16-10/h6,8H,3-5,7,14H2,1-2H3,(H2,15,17,18,19). The summed E-state index contributed by atoms with van der Waals surface area (Å²) in [7, 11) is 0. The molecule has 0 aliphatic rings. The van der Waals surface area contributed by atoms with Gasteiger partial charge in [0.15, 0.2) is 5.82 Å². The smallest absolute Gasteiger partial charge is 0.158 e. The summed E-state index contributed by atoms with van der Waals surface area (Å²) in [4.78, 5) is 13.1. The van der Waals surface area contributed by atoms with Gasteiger partial charge in [0.1, 0.15) is 18.2 Å². The molecule has 0 unspecified atom stereocenters. The molecular weight excluding hydrogens is 288 g/mol. The van der Waals surface area contributed by atoms with Crippen molar-refractivity contribution in [3.8, 4) is 0 Å². The van der Waals surface area contributed by atoms with Crippen molar-refractivity contribution in [3.63, 3.8) is 0 Å². The summed E-state index contributed by atoms with van der Waals surface area (Å²) in [6.07, 6.45) is 0.848. The molecule has 4 N–H and O–H groups in total. The summed E-state index contributed by atoms with van der Waals surface area (Å²) in [5, 5.41) is 6.41. The summed E-state index contributed by atoms with van der Waals surface area (Å²) in [6.45, 7) is 5.67. The monoisotopic (exact) mass is 308 g/mol. The van der Waals surface area contributed by atoms with Gasteiger partial charge in [-0.15, -0.1) is 11.3 Å². The molecule has 2 aromatic heterocycles. The minimum absolute atomic E-state index is 0.367. The molecule has 8 heteroatoms. The molecule has 0 fully saturated rings. The number of nitrogens with two attached hydrogens (primary N) is 1. The van der Waals surface area contributed by atoms with E-state index in [1.54, 1.807) is 17.4 Å². The number of nitrogens with one attached hydrogen (secondary N) is 2. The lowest BCUT2D eigenvalue weighted by Crippen LogP contribution is -2.14. The lowest BCUT2D eigenvalue weighted by Gasteiger charge is -2.09. The molecule has 0 amide bonds. The number of aromatic nitrogens is 3. The third-order valence-corrected chi connectivity index (χ3v) is 3.53. The Hall–Kier alpha value is -1.77. The zero-order chi connectivity index (χ0) is 15.1. The molecule has 0 aliphatic carbocycles. The van der Waals surface area contributed by atoms with Gasteiger partial charge in [0, 0.05) is 31.0 Å². The number of anilines is 2. The minimum Gasteiger partial charge on any atom is -0.374 e. The van der Waals surface area contributed by atoms with E-state index >= 15 is 0 Å². The number of nitrogens with zero attached hydrogens (tertiary/aromatic N) is 3. The number of aryl methyl sites for hydroxylation is 1. The van der Waals surface area contributed by atoms with Gasteiger partial charge in [0.25, 0.3) is 0 Å². The van der Waals surface area contributed by atoms with E-state index in [0.29, 0.717) is 24.9 Å². The highest BCUT2D eigenvalue weighted by atomic mass is 32.1. The Balaban J connectivity index is 1.94. The summed E-state index contributed by atoms with van der Waals surface area (Å²) in [5.74, 6) is 7.30. The summed E-state index contributed by atoms with van der Waals surface area (Å²) >= 11 is 1.66. The number of hydrogen-bond donors (Lipinski definition) is 3. The largest absolute Gasteiger partial charge is 0.374 e. The number of ether oxygens (including phenoxy) is 1. The van der Waals surface area contributed by atoms with Gasteiger partial charge in [0.05, 0.1) is 10.7 Å². The number of nitrogen functional groups attached to an aromatic ring is 1. The van der Waals surface area contributed by atoms with Crippen LogP contribution in [-0.2, 0) is 17.8 Å². The van der Waals surface area contributed by atoms with Crippen molar-refractivity contribution in [2.24, 2.45) is 5.84 Å². The number of hydrogen-bond acceptors (Lipinski definition) is 8. The highest BCUT2D eigenvalue weighted by molar-refractivity contribution is 7.09. The fourth-order valence-corrected chi connectivity index (χ4v) is 2.41. The highest BCUT2D eigenvalue weighted by Crippen LogP contribution is 2.12. The van der Waals surface area contributed by atoms with Crippen molar-refractivity contribution >= 4 is 23.0 Å². The molecule has 2 rings (SSSR count). The Kier molecular flexibility index (Phi) is 5.85. The van der Waals surface area contributed by atoms with Gasteiger partial charge in [-0.2, -0.15) is 0 Å². The molecule has 0 saturated carbocycles. The first kappa shape index (κ1) is 15.6. The zero-order valence-electron chi connectivity index (χ0n) is 12.2. The molecule has 2 aromatic rings. The van der Waals surface area contributed by atoms with Crippen molar-refractivity contribution in [3.05, 3.63) is 28.0 Å². The van der Waals surface area contributed by atoms with Gasteiger partial charge in [0.2, 0.25) is 0 Å². The van der Waals surface area contributed by atoms with E-state index in [4.69, 9.17) is 10.6 Å². The number of thiazole rings is 1. The highest BCUT2D eigenvalue weighted by Gasteiger charge is 2.05. The van der Waals surface area contributed by atoms with Crippen molar-refractivity contribution in [2.45, 2.75) is 26.9 Å². The molecule has 21 heavy (non-hydrogen) atoms. The fourth-order valence-electron chi connectivity index (χ4n) is 1.76. The SMILES string of the molecule is CCOCc1nc(NN)cc(NCCc2csc(C)n2)n1. The second-order valence-electron chi connectivity index (χ2n) is 4.37. The molecule has 0 spiro atoms. The van der Waals surface area contributed by atoms with Crippen LogP contribution in [0.5, 0.6) is 0 Å². The Morgan fingerprint density at radius 3 is 2.76 bits per heavy atom. The lowest BCUT2D eigenvalue weighted by molar-refractivity contribution is 0.128. The zero-order valence-corrected chi connectivity index (χ0v) is 13.0. The molecule has 7 nitrogen and oxygen atoms in total.